The van der Waals surface area contributed by atoms with Gasteiger partial charge in [0.15, 0.2) is 0 Å². The summed E-state index contributed by atoms with van der Waals surface area (Å²) in [4.78, 5) is 24.5. The molecule has 2 N–H and O–H groups in total. The zero-order valence-electron chi connectivity index (χ0n) is 11.2. The van der Waals surface area contributed by atoms with E-state index in [1.54, 1.807) is 0 Å². The van der Waals surface area contributed by atoms with Crippen molar-refractivity contribution in [2.45, 2.75) is 51.3 Å². The second-order valence-corrected chi connectivity index (χ2v) is 4.74. The molecule has 1 aliphatic rings. The molecule has 0 aromatic rings. The smallest absolute Gasteiger partial charge is 0.326 e. The van der Waals surface area contributed by atoms with Gasteiger partial charge in [-0.15, -0.1) is 0 Å². The van der Waals surface area contributed by atoms with E-state index in [0.717, 1.165) is 12.8 Å². The van der Waals surface area contributed by atoms with Crippen LogP contribution in [0.4, 0.5) is 4.79 Å². The Morgan fingerprint density at radius 3 is 2.72 bits per heavy atom. The van der Waals surface area contributed by atoms with E-state index in [0.29, 0.717) is 13.0 Å². The van der Waals surface area contributed by atoms with Gasteiger partial charge in [0.05, 0.1) is 6.10 Å². The topological polar surface area (TPSA) is 78.9 Å². The fourth-order valence-corrected chi connectivity index (χ4v) is 2.23. The number of hydrogen-bond donors (Lipinski definition) is 2. The molecule has 0 spiro atoms. The molecule has 1 fully saturated rings. The van der Waals surface area contributed by atoms with Crippen LogP contribution in [0.25, 0.3) is 0 Å². The zero-order valence-corrected chi connectivity index (χ0v) is 11.2. The van der Waals surface area contributed by atoms with Crippen molar-refractivity contribution >= 4 is 12.0 Å². The summed E-state index contributed by atoms with van der Waals surface area (Å²) in [6.45, 7) is 4.29. The largest absolute Gasteiger partial charge is 0.480 e. The van der Waals surface area contributed by atoms with E-state index in [-0.39, 0.29) is 18.2 Å². The van der Waals surface area contributed by atoms with E-state index in [4.69, 9.17) is 9.84 Å². The molecule has 3 unspecified atom stereocenters. The first-order valence-electron chi connectivity index (χ1n) is 6.32. The SMILES string of the molecule is CCCC(C)NC(=O)N1CC(OC)CC1C(=O)O. The molecule has 3 atom stereocenters. The summed E-state index contributed by atoms with van der Waals surface area (Å²) in [6.07, 6.45) is 2.01. The molecular weight excluding hydrogens is 236 g/mol. The summed E-state index contributed by atoms with van der Waals surface area (Å²) in [5.74, 6) is -0.979. The Kier molecular flexibility index (Phi) is 5.40. The van der Waals surface area contributed by atoms with Crippen molar-refractivity contribution in [1.82, 2.24) is 10.2 Å². The van der Waals surface area contributed by atoms with Crippen LogP contribution in [-0.4, -0.2) is 53.8 Å². The number of carboxylic acid groups (broad SMARTS) is 1. The van der Waals surface area contributed by atoms with Gasteiger partial charge in [-0.05, 0) is 13.3 Å². The van der Waals surface area contributed by atoms with E-state index in [1.165, 1.54) is 12.0 Å². The normalized spacial score (nSPS) is 24.9. The van der Waals surface area contributed by atoms with Gasteiger partial charge in [0.1, 0.15) is 6.04 Å². The van der Waals surface area contributed by atoms with E-state index < -0.39 is 12.0 Å². The summed E-state index contributed by atoms with van der Waals surface area (Å²) in [6, 6.07) is -1.05. The van der Waals surface area contributed by atoms with Crippen LogP contribution >= 0.6 is 0 Å². The molecule has 0 saturated carbocycles. The van der Waals surface area contributed by atoms with Crippen LogP contribution in [0.5, 0.6) is 0 Å². The van der Waals surface area contributed by atoms with Crippen LogP contribution in [0.3, 0.4) is 0 Å². The number of ether oxygens (including phenoxy) is 1. The van der Waals surface area contributed by atoms with Crippen molar-refractivity contribution in [3.8, 4) is 0 Å². The van der Waals surface area contributed by atoms with Crippen molar-refractivity contribution < 1.29 is 19.4 Å². The fourth-order valence-electron chi connectivity index (χ4n) is 2.23. The highest BCUT2D eigenvalue weighted by molar-refractivity contribution is 5.83. The van der Waals surface area contributed by atoms with E-state index in [9.17, 15) is 9.59 Å². The fraction of sp³-hybridized carbons (Fsp3) is 0.833. The summed E-state index contributed by atoms with van der Waals surface area (Å²) in [5.41, 5.74) is 0. The number of carboxylic acids is 1. The maximum atomic E-state index is 12.0. The van der Waals surface area contributed by atoms with Crippen molar-refractivity contribution in [3.63, 3.8) is 0 Å². The van der Waals surface area contributed by atoms with Crippen molar-refractivity contribution in [3.05, 3.63) is 0 Å². The Bertz CT molecular complexity index is 308. The number of methoxy groups -OCH3 is 1. The van der Waals surface area contributed by atoms with E-state index in [2.05, 4.69) is 5.32 Å². The number of likely N-dealkylation sites (tertiary alicyclic amines) is 1. The highest BCUT2D eigenvalue weighted by Gasteiger charge is 2.40. The maximum absolute atomic E-state index is 12.0. The van der Waals surface area contributed by atoms with Crippen LogP contribution in [0.15, 0.2) is 0 Å². The second kappa shape index (κ2) is 6.58. The van der Waals surface area contributed by atoms with Gasteiger partial charge < -0.3 is 20.1 Å². The Hall–Kier alpha value is -1.30. The predicted molar refractivity (Wildman–Crippen MR) is 66.4 cm³/mol. The number of aliphatic carboxylic acids is 1. The van der Waals surface area contributed by atoms with Gasteiger partial charge in [0.25, 0.3) is 0 Å². The molecule has 0 aliphatic carbocycles. The monoisotopic (exact) mass is 258 g/mol. The molecular formula is C12H22N2O4. The molecule has 6 nitrogen and oxygen atoms in total. The minimum atomic E-state index is -0.979. The second-order valence-electron chi connectivity index (χ2n) is 4.74. The third-order valence-corrected chi connectivity index (χ3v) is 3.23. The molecule has 0 aromatic carbocycles. The molecule has 1 rings (SSSR count). The quantitative estimate of drug-likeness (QED) is 0.772. The predicted octanol–water partition coefficient (Wildman–Crippen LogP) is 1.06. The number of amides is 2. The Balaban J connectivity index is 2.62. The minimum Gasteiger partial charge on any atom is -0.480 e. The number of carbonyl (C=O) groups excluding carboxylic acids is 1. The summed E-state index contributed by atoms with van der Waals surface area (Å²) >= 11 is 0. The standard InChI is InChI=1S/C12H22N2O4/c1-4-5-8(2)13-12(17)14-7-9(18-3)6-10(14)11(15)16/h8-10H,4-7H2,1-3H3,(H,13,17)(H,15,16). The Morgan fingerprint density at radius 1 is 1.56 bits per heavy atom. The molecule has 1 saturated heterocycles. The molecule has 0 radical (unpaired) electrons. The molecule has 0 aromatic heterocycles. The molecule has 18 heavy (non-hydrogen) atoms. The lowest BCUT2D eigenvalue weighted by Crippen LogP contribution is -2.48. The number of rotatable bonds is 5. The van der Waals surface area contributed by atoms with E-state index >= 15 is 0 Å². The van der Waals surface area contributed by atoms with Crippen LogP contribution < -0.4 is 5.32 Å². The van der Waals surface area contributed by atoms with E-state index in [1.807, 2.05) is 13.8 Å². The molecule has 2 amide bonds. The number of hydrogen-bond acceptors (Lipinski definition) is 3. The third-order valence-electron chi connectivity index (χ3n) is 3.23. The average Bonchev–Trinajstić information content (AvgIpc) is 2.73. The number of urea groups is 1. The zero-order chi connectivity index (χ0) is 13.7. The van der Waals surface area contributed by atoms with Gasteiger partial charge in [0, 0.05) is 26.1 Å². The van der Waals surface area contributed by atoms with Gasteiger partial charge in [-0.25, -0.2) is 9.59 Å². The number of carbonyl (C=O) groups is 2. The third kappa shape index (κ3) is 3.60. The van der Waals surface area contributed by atoms with Crippen molar-refractivity contribution in [2.24, 2.45) is 0 Å². The van der Waals surface area contributed by atoms with Gasteiger partial charge in [-0.2, -0.15) is 0 Å². The number of nitrogens with zero attached hydrogens (tertiary/aromatic N) is 1. The summed E-state index contributed by atoms with van der Waals surface area (Å²) in [7, 11) is 1.53. The maximum Gasteiger partial charge on any atom is 0.326 e. The van der Waals surface area contributed by atoms with Gasteiger partial charge in [-0.3, -0.25) is 0 Å². The van der Waals surface area contributed by atoms with Crippen molar-refractivity contribution in [2.75, 3.05) is 13.7 Å². The number of nitrogens with one attached hydrogen (secondary N) is 1. The highest BCUT2D eigenvalue weighted by Crippen LogP contribution is 2.20. The first-order chi connectivity index (χ1) is 8.49. The summed E-state index contributed by atoms with van der Waals surface area (Å²) in [5, 5.41) is 11.9. The van der Waals surface area contributed by atoms with Gasteiger partial charge >= 0.3 is 12.0 Å². The highest BCUT2D eigenvalue weighted by atomic mass is 16.5. The lowest BCUT2D eigenvalue weighted by molar-refractivity contribution is -0.141. The Labute approximate surface area is 107 Å². The van der Waals surface area contributed by atoms with Crippen LogP contribution in [-0.2, 0) is 9.53 Å². The first kappa shape index (κ1) is 14.8. The molecule has 1 heterocycles. The lowest BCUT2D eigenvalue weighted by atomic mass is 10.2. The van der Waals surface area contributed by atoms with Crippen LogP contribution in [0, 0.1) is 0 Å². The molecule has 6 heteroatoms. The van der Waals surface area contributed by atoms with Crippen LogP contribution in [0.1, 0.15) is 33.1 Å². The Morgan fingerprint density at radius 2 is 2.22 bits per heavy atom. The minimum absolute atomic E-state index is 0.0542. The first-order valence-corrected chi connectivity index (χ1v) is 6.32. The van der Waals surface area contributed by atoms with Crippen LogP contribution in [0.2, 0.25) is 0 Å². The molecule has 0 bridgehead atoms. The van der Waals surface area contributed by atoms with Gasteiger partial charge in [0.2, 0.25) is 0 Å². The molecule has 104 valence electrons. The molecule has 1 aliphatic heterocycles. The van der Waals surface area contributed by atoms with Crippen molar-refractivity contribution in [1.29, 1.82) is 0 Å². The average molecular weight is 258 g/mol. The summed E-state index contributed by atoms with van der Waals surface area (Å²) < 4.78 is 5.14. The lowest BCUT2D eigenvalue weighted by Gasteiger charge is -2.24. The van der Waals surface area contributed by atoms with Gasteiger partial charge in [-0.1, -0.05) is 13.3 Å².